The number of hydrogen-bond acceptors (Lipinski definition) is 2. The molecule has 2 nitrogen and oxygen atoms in total. The molecule has 0 aromatic heterocycles. The standard InChI is InChI=1S/C17H26O2/c1-12-4-6-14(7-5-12)16-10-15(13(2)11-18)8-9-17(16)19-3/h8-10,12-14,18H,4-7,11H2,1-3H3. The molecule has 1 atom stereocenters. The van der Waals surface area contributed by atoms with Crippen LogP contribution in [0.1, 0.15) is 62.5 Å². The highest BCUT2D eigenvalue weighted by Gasteiger charge is 2.23. The van der Waals surface area contributed by atoms with Crippen molar-refractivity contribution in [2.24, 2.45) is 5.92 Å². The average molecular weight is 262 g/mol. The molecular formula is C17H26O2. The van der Waals surface area contributed by atoms with Crippen molar-refractivity contribution in [2.75, 3.05) is 13.7 Å². The van der Waals surface area contributed by atoms with Crippen molar-refractivity contribution in [3.8, 4) is 5.75 Å². The molecule has 2 rings (SSSR count). The second-order valence-corrected chi connectivity index (χ2v) is 6.04. The zero-order valence-corrected chi connectivity index (χ0v) is 12.4. The summed E-state index contributed by atoms with van der Waals surface area (Å²) >= 11 is 0. The van der Waals surface area contributed by atoms with E-state index in [1.807, 2.05) is 0 Å². The van der Waals surface area contributed by atoms with E-state index in [4.69, 9.17) is 4.74 Å². The van der Waals surface area contributed by atoms with Gasteiger partial charge < -0.3 is 9.84 Å². The molecule has 0 spiro atoms. The summed E-state index contributed by atoms with van der Waals surface area (Å²) < 4.78 is 5.53. The molecule has 1 unspecified atom stereocenters. The second-order valence-electron chi connectivity index (χ2n) is 6.04. The van der Waals surface area contributed by atoms with E-state index >= 15 is 0 Å². The topological polar surface area (TPSA) is 29.5 Å². The molecule has 1 N–H and O–H groups in total. The van der Waals surface area contributed by atoms with Gasteiger partial charge in [0, 0.05) is 12.5 Å². The highest BCUT2D eigenvalue weighted by molar-refractivity contribution is 5.41. The van der Waals surface area contributed by atoms with Crippen molar-refractivity contribution in [1.29, 1.82) is 0 Å². The quantitative estimate of drug-likeness (QED) is 0.885. The summed E-state index contributed by atoms with van der Waals surface area (Å²) in [5.74, 6) is 2.69. The van der Waals surface area contributed by atoms with Crippen molar-refractivity contribution >= 4 is 0 Å². The van der Waals surface area contributed by atoms with Crippen LogP contribution in [0.2, 0.25) is 0 Å². The first kappa shape index (κ1) is 14.4. The SMILES string of the molecule is COc1ccc(C(C)CO)cc1C1CCC(C)CC1. The van der Waals surface area contributed by atoms with Gasteiger partial charge in [-0.1, -0.05) is 38.8 Å². The van der Waals surface area contributed by atoms with Crippen LogP contribution in [0.15, 0.2) is 18.2 Å². The van der Waals surface area contributed by atoms with E-state index in [1.165, 1.54) is 36.8 Å². The summed E-state index contributed by atoms with van der Waals surface area (Å²) in [5, 5.41) is 9.32. The summed E-state index contributed by atoms with van der Waals surface area (Å²) in [6.45, 7) is 4.61. The van der Waals surface area contributed by atoms with Gasteiger partial charge in [-0.25, -0.2) is 0 Å². The number of hydrogen-bond donors (Lipinski definition) is 1. The van der Waals surface area contributed by atoms with E-state index in [9.17, 15) is 5.11 Å². The van der Waals surface area contributed by atoms with Crippen LogP contribution >= 0.6 is 0 Å². The van der Waals surface area contributed by atoms with Crippen LogP contribution in [-0.4, -0.2) is 18.8 Å². The Kier molecular flexibility index (Phi) is 4.87. The second kappa shape index (κ2) is 6.42. The fourth-order valence-electron chi connectivity index (χ4n) is 3.05. The largest absolute Gasteiger partial charge is 0.496 e. The molecule has 19 heavy (non-hydrogen) atoms. The number of rotatable bonds is 4. The van der Waals surface area contributed by atoms with E-state index in [2.05, 4.69) is 32.0 Å². The maximum atomic E-state index is 9.32. The van der Waals surface area contributed by atoms with E-state index in [0.717, 1.165) is 11.7 Å². The Balaban J connectivity index is 2.25. The molecule has 1 fully saturated rings. The van der Waals surface area contributed by atoms with Crippen LogP contribution in [0.5, 0.6) is 5.75 Å². The minimum absolute atomic E-state index is 0.201. The first-order chi connectivity index (χ1) is 9.15. The van der Waals surface area contributed by atoms with Gasteiger partial charge in [-0.05, 0) is 41.9 Å². The Labute approximate surface area is 116 Å². The number of aliphatic hydroxyl groups excluding tert-OH is 1. The Morgan fingerprint density at radius 3 is 2.53 bits per heavy atom. The lowest BCUT2D eigenvalue weighted by atomic mass is 9.78. The van der Waals surface area contributed by atoms with Gasteiger partial charge >= 0.3 is 0 Å². The summed E-state index contributed by atoms with van der Waals surface area (Å²) in [7, 11) is 1.75. The predicted molar refractivity (Wildman–Crippen MR) is 78.9 cm³/mol. The molecule has 1 aromatic carbocycles. The zero-order chi connectivity index (χ0) is 13.8. The lowest BCUT2D eigenvalue weighted by molar-refractivity contribution is 0.272. The lowest BCUT2D eigenvalue weighted by Gasteiger charge is -2.28. The molecule has 1 aromatic rings. The molecule has 1 saturated carbocycles. The Bertz CT molecular complexity index is 406. The molecule has 106 valence electrons. The lowest BCUT2D eigenvalue weighted by Crippen LogP contribution is -2.12. The van der Waals surface area contributed by atoms with Gasteiger partial charge in [-0.2, -0.15) is 0 Å². The normalized spacial score (nSPS) is 25.1. The van der Waals surface area contributed by atoms with Crippen molar-refractivity contribution in [3.63, 3.8) is 0 Å². The summed E-state index contributed by atoms with van der Waals surface area (Å²) in [6, 6.07) is 6.39. The van der Waals surface area contributed by atoms with E-state index in [1.54, 1.807) is 7.11 Å². The van der Waals surface area contributed by atoms with E-state index in [0.29, 0.717) is 5.92 Å². The number of benzene rings is 1. The maximum Gasteiger partial charge on any atom is 0.122 e. The van der Waals surface area contributed by atoms with Crippen LogP contribution in [0, 0.1) is 5.92 Å². The fraction of sp³-hybridized carbons (Fsp3) is 0.647. The van der Waals surface area contributed by atoms with Gasteiger partial charge in [0.25, 0.3) is 0 Å². The van der Waals surface area contributed by atoms with Gasteiger partial charge in [0.05, 0.1) is 7.11 Å². The zero-order valence-electron chi connectivity index (χ0n) is 12.4. The third kappa shape index (κ3) is 3.30. The van der Waals surface area contributed by atoms with Crippen LogP contribution in [0.25, 0.3) is 0 Å². The minimum atomic E-state index is 0.201. The maximum absolute atomic E-state index is 9.32. The Morgan fingerprint density at radius 2 is 1.95 bits per heavy atom. The summed E-state index contributed by atoms with van der Waals surface area (Å²) in [4.78, 5) is 0. The molecule has 0 saturated heterocycles. The first-order valence-electron chi connectivity index (χ1n) is 7.44. The van der Waals surface area contributed by atoms with Crippen molar-refractivity contribution in [1.82, 2.24) is 0 Å². The molecule has 1 aliphatic rings. The molecule has 0 amide bonds. The van der Waals surface area contributed by atoms with E-state index < -0.39 is 0 Å². The van der Waals surface area contributed by atoms with Crippen molar-refractivity contribution < 1.29 is 9.84 Å². The highest BCUT2D eigenvalue weighted by atomic mass is 16.5. The Morgan fingerprint density at radius 1 is 1.26 bits per heavy atom. The molecule has 0 radical (unpaired) electrons. The molecule has 0 heterocycles. The number of aliphatic hydroxyl groups is 1. The molecular weight excluding hydrogens is 236 g/mol. The fourth-order valence-corrected chi connectivity index (χ4v) is 3.05. The van der Waals surface area contributed by atoms with Gasteiger partial charge in [0.15, 0.2) is 0 Å². The smallest absolute Gasteiger partial charge is 0.122 e. The minimum Gasteiger partial charge on any atom is -0.496 e. The highest BCUT2D eigenvalue weighted by Crippen LogP contribution is 2.40. The summed E-state index contributed by atoms with van der Waals surface area (Å²) in [5.41, 5.74) is 2.56. The molecule has 0 bridgehead atoms. The molecule has 0 aliphatic heterocycles. The van der Waals surface area contributed by atoms with Crippen molar-refractivity contribution in [3.05, 3.63) is 29.3 Å². The van der Waals surface area contributed by atoms with Crippen LogP contribution < -0.4 is 4.74 Å². The monoisotopic (exact) mass is 262 g/mol. The average Bonchev–Trinajstić information content (AvgIpc) is 2.46. The van der Waals surface area contributed by atoms with Gasteiger partial charge in [0.2, 0.25) is 0 Å². The molecule has 1 aliphatic carbocycles. The third-order valence-corrected chi connectivity index (χ3v) is 4.55. The van der Waals surface area contributed by atoms with E-state index in [-0.39, 0.29) is 12.5 Å². The van der Waals surface area contributed by atoms with Gasteiger partial charge in [0.1, 0.15) is 5.75 Å². The van der Waals surface area contributed by atoms with Gasteiger partial charge in [-0.15, -0.1) is 0 Å². The summed E-state index contributed by atoms with van der Waals surface area (Å²) in [6.07, 6.45) is 5.14. The predicted octanol–water partition coefficient (Wildman–Crippen LogP) is 4.08. The molecule has 2 heteroatoms. The third-order valence-electron chi connectivity index (χ3n) is 4.55. The van der Waals surface area contributed by atoms with Crippen LogP contribution in [0.4, 0.5) is 0 Å². The van der Waals surface area contributed by atoms with Gasteiger partial charge in [-0.3, -0.25) is 0 Å². The number of ether oxygens (including phenoxy) is 1. The number of methoxy groups -OCH3 is 1. The van der Waals surface area contributed by atoms with Crippen molar-refractivity contribution in [2.45, 2.75) is 51.4 Å². The van der Waals surface area contributed by atoms with Crippen LogP contribution in [0.3, 0.4) is 0 Å². The van der Waals surface area contributed by atoms with Crippen LogP contribution in [-0.2, 0) is 0 Å². The Hall–Kier alpha value is -1.02. The first-order valence-corrected chi connectivity index (χ1v) is 7.44.